The summed E-state index contributed by atoms with van der Waals surface area (Å²) < 4.78 is 0. The fourth-order valence-corrected chi connectivity index (χ4v) is 4.32. The first-order valence-electron chi connectivity index (χ1n) is 8.94. The molecule has 0 aliphatic heterocycles. The summed E-state index contributed by atoms with van der Waals surface area (Å²) in [7, 11) is 0. The normalized spacial score (nSPS) is 24.1. The average molecular weight is 309 g/mol. The molecule has 0 amide bonds. The summed E-state index contributed by atoms with van der Waals surface area (Å²) in [6, 6.07) is 0.664. The van der Waals surface area contributed by atoms with Crippen molar-refractivity contribution in [1.29, 1.82) is 0 Å². The van der Waals surface area contributed by atoms with E-state index >= 15 is 0 Å². The molecule has 1 atom stereocenters. The van der Waals surface area contributed by atoms with E-state index in [1.54, 1.807) is 0 Å². The first-order chi connectivity index (χ1) is 10.3. The molecule has 0 radical (unpaired) electrons. The van der Waals surface area contributed by atoms with Gasteiger partial charge in [0.15, 0.2) is 0 Å². The fourth-order valence-electron chi connectivity index (χ4n) is 3.67. The van der Waals surface area contributed by atoms with Crippen LogP contribution in [-0.4, -0.2) is 17.6 Å². The Bertz CT molecular complexity index is 355. The molecule has 1 aromatic rings. The molecular formula is C18H32N2S. The van der Waals surface area contributed by atoms with E-state index in [0.717, 1.165) is 18.4 Å². The van der Waals surface area contributed by atoms with Gasteiger partial charge in [-0.25, -0.2) is 0 Å². The Hall–Kier alpha value is -0.410. The number of rotatable bonds is 9. The third-order valence-corrected chi connectivity index (χ3v) is 5.79. The highest BCUT2D eigenvalue weighted by atomic mass is 32.1. The van der Waals surface area contributed by atoms with Gasteiger partial charge >= 0.3 is 0 Å². The molecular weight excluding hydrogens is 276 g/mol. The quantitative estimate of drug-likeness (QED) is 0.690. The molecule has 0 saturated heterocycles. The molecule has 0 bridgehead atoms. The molecule has 1 saturated carbocycles. The molecule has 1 N–H and O–H groups in total. The number of nitrogens with one attached hydrogen (secondary N) is 1. The maximum atomic E-state index is 4.24. The fraction of sp³-hybridized carbons (Fsp3) is 0.833. The van der Waals surface area contributed by atoms with E-state index in [0.29, 0.717) is 6.04 Å². The lowest BCUT2D eigenvalue weighted by atomic mass is 9.76. The Kier molecular flexibility index (Phi) is 7.73. The van der Waals surface area contributed by atoms with Crippen LogP contribution in [0.25, 0.3) is 0 Å². The summed E-state index contributed by atoms with van der Waals surface area (Å²) in [5.41, 5.74) is 1.97. The van der Waals surface area contributed by atoms with E-state index in [9.17, 15) is 0 Å². The van der Waals surface area contributed by atoms with Gasteiger partial charge < -0.3 is 5.32 Å². The molecule has 2 rings (SSSR count). The van der Waals surface area contributed by atoms with E-state index < -0.39 is 0 Å². The minimum absolute atomic E-state index is 0.664. The smallest absolute Gasteiger partial charge is 0.0794 e. The molecule has 3 heteroatoms. The van der Waals surface area contributed by atoms with Crippen molar-refractivity contribution in [3.05, 3.63) is 16.6 Å². The summed E-state index contributed by atoms with van der Waals surface area (Å²) in [4.78, 5) is 5.68. The number of hydrogen-bond donors (Lipinski definition) is 1. The Morgan fingerprint density at radius 3 is 2.67 bits per heavy atom. The monoisotopic (exact) mass is 308 g/mol. The van der Waals surface area contributed by atoms with Gasteiger partial charge in [-0.15, -0.1) is 11.3 Å². The van der Waals surface area contributed by atoms with Gasteiger partial charge in [0.05, 0.1) is 5.51 Å². The number of nitrogens with zero attached hydrogens (tertiary/aromatic N) is 1. The van der Waals surface area contributed by atoms with Crippen LogP contribution in [0.3, 0.4) is 0 Å². The van der Waals surface area contributed by atoms with Gasteiger partial charge in [-0.05, 0) is 44.1 Å². The molecule has 1 aromatic heterocycles. The van der Waals surface area contributed by atoms with Crippen molar-refractivity contribution in [2.24, 2.45) is 11.8 Å². The molecule has 1 aliphatic rings. The molecule has 0 spiro atoms. The lowest BCUT2D eigenvalue weighted by Gasteiger charge is -2.34. The second-order valence-electron chi connectivity index (χ2n) is 6.66. The summed E-state index contributed by atoms with van der Waals surface area (Å²) >= 11 is 1.81. The van der Waals surface area contributed by atoms with Crippen LogP contribution in [0.4, 0.5) is 0 Å². The third-order valence-electron chi connectivity index (χ3n) is 4.99. The van der Waals surface area contributed by atoms with Gasteiger partial charge in [0.25, 0.3) is 0 Å². The van der Waals surface area contributed by atoms with Crippen LogP contribution in [0, 0.1) is 11.8 Å². The average Bonchev–Trinajstić information content (AvgIpc) is 3.03. The predicted octanol–water partition coefficient (Wildman–Crippen LogP) is 5.05. The van der Waals surface area contributed by atoms with Crippen LogP contribution in [-0.2, 0) is 6.42 Å². The largest absolute Gasteiger partial charge is 0.313 e. The van der Waals surface area contributed by atoms with Gasteiger partial charge in [-0.2, -0.15) is 0 Å². The molecule has 2 nitrogen and oxygen atoms in total. The Morgan fingerprint density at radius 2 is 2.05 bits per heavy atom. The summed E-state index contributed by atoms with van der Waals surface area (Å²) in [5.74, 6) is 1.88. The van der Waals surface area contributed by atoms with Gasteiger partial charge in [0, 0.05) is 17.1 Å². The zero-order chi connectivity index (χ0) is 14.9. The van der Waals surface area contributed by atoms with Crippen LogP contribution in [0.5, 0.6) is 0 Å². The van der Waals surface area contributed by atoms with E-state index in [4.69, 9.17) is 0 Å². The summed E-state index contributed by atoms with van der Waals surface area (Å²) in [6.07, 6.45) is 14.5. The van der Waals surface area contributed by atoms with Crippen molar-refractivity contribution in [3.8, 4) is 0 Å². The maximum absolute atomic E-state index is 4.24. The summed E-state index contributed by atoms with van der Waals surface area (Å²) in [6.45, 7) is 5.73. The third kappa shape index (κ3) is 5.71. The number of aromatic nitrogens is 1. The number of thiazole rings is 1. The molecule has 1 heterocycles. The van der Waals surface area contributed by atoms with Gasteiger partial charge in [0.2, 0.25) is 0 Å². The van der Waals surface area contributed by atoms with Crippen molar-refractivity contribution in [2.75, 3.05) is 6.54 Å². The van der Waals surface area contributed by atoms with Crippen molar-refractivity contribution in [2.45, 2.75) is 77.7 Å². The van der Waals surface area contributed by atoms with Gasteiger partial charge in [0.1, 0.15) is 0 Å². The Balaban J connectivity index is 1.83. The van der Waals surface area contributed by atoms with Crippen LogP contribution in [0.15, 0.2) is 11.7 Å². The predicted molar refractivity (Wildman–Crippen MR) is 92.9 cm³/mol. The van der Waals surface area contributed by atoms with Crippen LogP contribution >= 0.6 is 11.3 Å². The van der Waals surface area contributed by atoms with E-state index in [1.165, 1.54) is 62.7 Å². The minimum atomic E-state index is 0.664. The highest BCUT2D eigenvalue weighted by Crippen LogP contribution is 2.34. The van der Waals surface area contributed by atoms with Crippen molar-refractivity contribution in [3.63, 3.8) is 0 Å². The van der Waals surface area contributed by atoms with E-state index in [2.05, 4.69) is 30.3 Å². The SMILES string of the molecule is CCCCC1CCC(C(Cc2cncs2)NCCC)CC1. The summed E-state index contributed by atoms with van der Waals surface area (Å²) in [5, 5.41) is 3.81. The molecule has 120 valence electrons. The van der Waals surface area contributed by atoms with E-state index in [-0.39, 0.29) is 0 Å². The van der Waals surface area contributed by atoms with Crippen molar-refractivity contribution >= 4 is 11.3 Å². The number of unbranched alkanes of at least 4 members (excludes halogenated alkanes) is 1. The van der Waals surface area contributed by atoms with Crippen LogP contribution in [0.2, 0.25) is 0 Å². The van der Waals surface area contributed by atoms with Crippen LogP contribution in [0.1, 0.15) is 70.1 Å². The standard InChI is InChI=1S/C18H32N2S/c1-3-5-6-15-7-9-16(10-8-15)18(20-11-4-2)12-17-13-19-14-21-17/h13-16,18,20H,3-12H2,1-2H3. The molecule has 21 heavy (non-hydrogen) atoms. The molecule has 1 fully saturated rings. The molecule has 1 aliphatic carbocycles. The number of hydrogen-bond acceptors (Lipinski definition) is 3. The van der Waals surface area contributed by atoms with Gasteiger partial charge in [-0.3, -0.25) is 4.98 Å². The van der Waals surface area contributed by atoms with Gasteiger partial charge in [-0.1, -0.05) is 46.0 Å². The first kappa shape index (κ1) is 17.0. The molecule has 1 unspecified atom stereocenters. The zero-order valence-corrected chi connectivity index (χ0v) is 14.6. The molecule has 0 aromatic carbocycles. The van der Waals surface area contributed by atoms with Crippen molar-refractivity contribution in [1.82, 2.24) is 10.3 Å². The van der Waals surface area contributed by atoms with E-state index in [1.807, 2.05) is 16.8 Å². The lowest BCUT2D eigenvalue weighted by Crippen LogP contribution is -2.40. The maximum Gasteiger partial charge on any atom is 0.0794 e. The Labute approximate surface area is 134 Å². The van der Waals surface area contributed by atoms with Crippen LogP contribution < -0.4 is 5.32 Å². The highest BCUT2D eigenvalue weighted by Gasteiger charge is 2.27. The topological polar surface area (TPSA) is 24.9 Å². The first-order valence-corrected chi connectivity index (χ1v) is 9.82. The highest BCUT2D eigenvalue weighted by molar-refractivity contribution is 7.09. The second kappa shape index (κ2) is 9.58. The second-order valence-corrected chi connectivity index (χ2v) is 7.63. The Morgan fingerprint density at radius 1 is 1.24 bits per heavy atom. The van der Waals surface area contributed by atoms with Crippen molar-refractivity contribution < 1.29 is 0 Å². The lowest BCUT2D eigenvalue weighted by molar-refractivity contribution is 0.211. The zero-order valence-electron chi connectivity index (χ0n) is 13.8. The minimum Gasteiger partial charge on any atom is -0.313 e.